The van der Waals surface area contributed by atoms with Crippen LogP contribution in [0.4, 0.5) is 5.69 Å². The van der Waals surface area contributed by atoms with E-state index >= 15 is 0 Å². The minimum Gasteiger partial charge on any atom is -0.295 e. The molecule has 0 heterocycles. The van der Waals surface area contributed by atoms with Gasteiger partial charge in [-0.25, -0.2) is 0 Å². The van der Waals surface area contributed by atoms with Crippen molar-refractivity contribution in [2.75, 3.05) is 0 Å². The summed E-state index contributed by atoms with van der Waals surface area (Å²) in [5.41, 5.74) is 1.57. The number of hydrogen-bond donors (Lipinski definition) is 0. The fourth-order valence-corrected chi connectivity index (χ4v) is 1.98. The molecule has 0 bridgehead atoms. The van der Waals surface area contributed by atoms with Gasteiger partial charge in [0.25, 0.3) is 5.69 Å². The highest BCUT2D eigenvalue weighted by atomic mass is 16.6. The lowest BCUT2D eigenvalue weighted by atomic mass is 9.92. The Hall–Kier alpha value is -1.97. The van der Waals surface area contributed by atoms with Gasteiger partial charge >= 0.3 is 0 Å². The molecule has 0 amide bonds. The summed E-state index contributed by atoms with van der Waals surface area (Å²) in [6, 6.07) is 6.36. The van der Waals surface area contributed by atoms with Crippen LogP contribution in [0.25, 0.3) is 6.08 Å². The number of rotatable bonds is 2. The molecule has 1 aliphatic carbocycles. The van der Waals surface area contributed by atoms with Crippen molar-refractivity contribution in [3.63, 3.8) is 0 Å². The van der Waals surface area contributed by atoms with Gasteiger partial charge in [0.15, 0.2) is 5.78 Å². The van der Waals surface area contributed by atoms with Gasteiger partial charge < -0.3 is 0 Å². The molecule has 17 heavy (non-hydrogen) atoms. The van der Waals surface area contributed by atoms with Crippen molar-refractivity contribution in [3.8, 4) is 0 Å². The summed E-state index contributed by atoms with van der Waals surface area (Å²) in [4.78, 5) is 21.8. The van der Waals surface area contributed by atoms with Crippen molar-refractivity contribution in [3.05, 3.63) is 45.5 Å². The zero-order valence-electron chi connectivity index (χ0n) is 9.39. The standard InChI is InChI=1S/C13H13NO3/c15-13-7-2-1-5-11(13)8-10-4-3-6-12(9-10)14(16)17/h3-4,6,8-9H,1-2,5,7H2/b11-8-. The Labute approximate surface area is 99.1 Å². The molecule has 0 unspecified atom stereocenters. The van der Waals surface area contributed by atoms with E-state index < -0.39 is 4.92 Å². The average Bonchev–Trinajstić information content (AvgIpc) is 2.32. The topological polar surface area (TPSA) is 60.2 Å². The summed E-state index contributed by atoms with van der Waals surface area (Å²) in [6.45, 7) is 0. The van der Waals surface area contributed by atoms with Crippen LogP contribution in [0.15, 0.2) is 29.8 Å². The SMILES string of the molecule is O=C1CCCC/C1=C/c1cccc([N+](=O)[O-])c1. The van der Waals surface area contributed by atoms with Crippen LogP contribution in [0.2, 0.25) is 0 Å². The lowest BCUT2D eigenvalue weighted by molar-refractivity contribution is -0.384. The van der Waals surface area contributed by atoms with Gasteiger partial charge in [-0.05, 0) is 36.5 Å². The molecule has 0 aliphatic heterocycles. The van der Waals surface area contributed by atoms with Crippen LogP contribution in [-0.4, -0.2) is 10.7 Å². The number of nitro groups is 1. The molecular formula is C13H13NO3. The number of carbonyl (C=O) groups excluding carboxylic acids is 1. The minimum absolute atomic E-state index is 0.0580. The number of nitro benzene ring substituents is 1. The summed E-state index contributed by atoms with van der Waals surface area (Å²) in [7, 11) is 0. The van der Waals surface area contributed by atoms with E-state index in [1.807, 2.05) is 0 Å². The minimum atomic E-state index is -0.426. The van der Waals surface area contributed by atoms with E-state index in [9.17, 15) is 14.9 Å². The van der Waals surface area contributed by atoms with Gasteiger partial charge in [-0.3, -0.25) is 14.9 Å². The first-order chi connectivity index (χ1) is 8.16. The molecule has 1 fully saturated rings. The van der Waals surface area contributed by atoms with Crippen LogP contribution < -0.4 is 0 Å². The van der Waals surface area contributed by atoms with E-state index in [2.05, 4.69) is 0 Å². The quantitative estimate of drug-likeness (QED) is 0.446. The molecule has 1 aromatic rings. The first-order valence-corrected chi connectivity index (χ1v) is 5.65. The molecule has 0 saturated heterocycles. The average molecular weight is 231 g/mol. The fourth-order valence-electron chi connectivity index (χ4n) is 1.98. The van der Waals surface area contributed by atoms with Crippen molar-refractivity contribution >= 4 is 17.5 Å². The Morgan fingerprint density at radius 3 is 2.71 bits per heavy atom. The first kappa shape index (κ1) is 11.5. The van der Waals surface area contributed by atoms with Gasteiger partial charge in [0.2, 0.25) is 0 Å². The van der Waals surface area contributed by atoms with Crippen LogP contribution in [-0.2, 0) is 4.79 Å². The predicted molar refractivity (Wildman–Crippen MR) is 64.5 cm³/mol. The van der Waals surface area contributed by atoms with Crippen molar-refractivity contribution < 1.29 is 9.72 Å². The molecule has 1 aliphatic rings. The number of non-ortho nitro benzene ring substituents is 1. The molecular weight excluding hydrogens is 218 g/mol. The van der Waals surface area contributed by atoms with Crippen LogP contribution in [0.5, 0.6) is 0 Å². The highest BCUT2D eigenvalue weighted by molar-refractivity contribution is 6.00. The monoisotopic (exact) mass is 231 g/mol. The van der Waals surface area contributed by atoms with E-state index in [-0.39, 0.29) is 11.5 Å². The third-order valence-electron chi connectivity index (χ3n) is 2.88. The van der Waals surface area contributed by atoms with E-state index in [4.69, 9.17) is 0 Å². The summed E-state index contributed by atoms with van der Waals surface area (Å²) in [5.74, 6) is 0.169. The summed E-state index contributed by atoms with van der Waals surface area (Å²) < 4.78 is 0. The number of allylic oxidation sites excluding steroid dienone is 1. The van der Waals surface area contributed by atoms with Crippen molar-refractivity contribution in [2.45, 2.75) is 25.7 Å². The Morgan fingerprint density at radius 2 is 2.00 bits per heavy atom. The number of ketones is 1. The maximum atomic E-state index is 11.6. The molecule has 0 spiro atoms. The van der Waals surface area contributed by atoms with E-state index in [1.54, 1.807) is 18.2 Å². The Morgan fingerprint density at radius 1 is 1.24 bits per heavy atom. The second-order valence-corrected chi connectivity index (χ2v) is 4.15. The number of nitrogens with zero attached hydrogens (tertiary/aromatic N) is 1. The molecule has 1 aromatic carbocycles. The lowest BCUT2D eigenvalue weighted by Crippen LogP contribution is -2.07. The van der Waals surface area contributed by atoms with Gasteiger partial charge in [0.1, 0.15) is 0 Å². The highest BCUT2D eigenvalue weighted by Crippen LogP contribution is 2.23. The van der Waals surface area contributed by atoms with Crippen LogP contribution in [0.1, 0.15) is 31.2 Å². The van der Waals surface area contributed by atoms with Crippen LogP contribution >= 0.6 is 0 Å². The van der Waals surface area contributed by atoms with Crippen molar-refractivity contribution in [2.24, 2.45) is 0 Å². The molecule has 0 atom stereocenters. The molecule has 0 radical (unpaired) electrons. The molecule has 4 nitrogen and oxygen atoms in total. The number of Topliss-reactive ketones (excluding diaryl/α,β-unsaturated/α-hetero) is 1. The van der Waals surface area contributed by atoms with E-state index in [0.717, 1.165) is 30.4 Å². The molecule has 1 saturated carbocycles. The normalized spacial score (nSPS) is 18.4. The van der Waals surface area contributed by atoms with E-state index in [0.29, 0.717) is 6.42 Å². The van der Waals surface area contributed by atoms with Gasteiger partial charge in [-0.2, -0.15) is 0 Å². The second-order valence-electron chi connectivity index (χ2n) is 4.15. The van der Waals surface area contributed by atoms with Crippen LogP contribution in [0.3, 0.4) is 0 Å². The van der Waals surface area contributed by atoms with Gasteiger partial charge in [0, 0.05) is 18.6 Å². The molecule has 0 N–H and O–H groups in total. The third kappa shape index (κ3) is 2.78. The maximum absolute atomic E-state index is 11.6. The first-order valence-electron chi connectivity index (χ1n) is 5.65. The van der Waals surface area contributed by atoms with Crippen molar-refractivity contribution in [1.82, 2.24) is 0 Å². The highest BCUT2D eigenvalue weighted by Gasteiger charge is 2.15. The second kappa shape index (κ2) is 4.91. The van der Waals surface area contributed by atoms with Gasteiger partial charge in [0.05, 0.1) is 4.92 Å². The number of hydrogen-bond acceptors (Lipinski definition) is 3. The summed E-state index contributed by atoms with van der Waals surface area (Å²) in [5, 5.41) is 10.6. The third-order valence-corrected chi connectivity index (χ3v) is 2.88. The van der Waals surface area contributed by atoms with Crippen molar-refractivity contribution in [1.29, 1.82) is 0 Å². The predicted octanol–water partition coefficient (Wildman–Crippen LogP) is 3.12. The summed E-state index contributed by atoms with van der Waals surface area (Å²) in [6.07, 6.45) is 5.12. The Balaban J connectivity index is 2.28. The molecule has 2 rings (SSSR count). The fraction of sp³-hybridized carbons (Fsp3) is 0.308. The van der Waals surface area contributed by atoms with Gasteiger partial charge in [-0.15, -0.1) is 0 Å². The smallest absolute Gasteiger partial charge is 0.270 e. The number of benzene rings is 1. The zero-order chi connectivity index (χ0) is 12.3. The largest absolute Gasteiger partial charge is 0.295 e. The molecule has 88 valence electrons. The summed E-state index contributed by atoms with van der Waals surface area (Å²) >= 11 is 0. The molecule has 0 aromatic heterocycles. The molecule has 4 heteroatoms. The van der Waals surface area contributed by atoms with E-state index in [1.165, 1.54) is 12.1 Å². The van der Waals surface area contributed by atoms with Gasteiger partial charge in [-0.1, -0.05) is 12.1 Å². The lowest BCUT2D eigenvalue weighted by Gasteiger charge is -2.12. The number of carbonyl (C=O) groups is 1. The zero-order valence-corrected chi connectivity index (χ0v) is 9.39. The Bertz CT molecular complexity index is 491. The maximum Gasteiger partial charge on any atom is 0.270 e. The van der Waals surface area contributed by atoms with Crippen LogP contribution in [0, 0.1) is 10.1 Å². The Kier molecular flexibility index (Phi) is 3.32.